The minimum atomic E-state index is -1.56. The van der Waals surface area contributed by atoms with E-state index >= 15 is 0 Å². The summed E-state index contributed by atoms with van der Waals surface area (Å²) in [7, 11) is 0. The first kappa shape index (κ1) is 15.2. The molecule has 8 heteroatoms. The largest absolute Gasteiger partial charge is 0.445 e. The number of aliphatic hydroxyl groups is 3. The molecular weight excluding hydrogens is 292 g/mol. The zero-order valence-corrected chi connectivity index (χ0v) is 11.7. The van der Waals surface area contributed by atoms with Gasteiger partial charge in [0.2, 0.25) is 0 Å². The van der Waals surface area contributed by atoms with E-state index in [0.717, 1.165) is 0 Å². The van der Waals surface area contributed by atoms with E-state index in [1.807, 2.05) is 0 Å². The van der Waals surface area contributed by atoms with Crippen molar-refractivity contribution in [3.05, 3.63) is 35.9 Å². The van der Waals surface area contributed by atoms with Gasteiger partial charge in [-0.2, -0.15) is 0 Å². The maximum absolute atomic E-state index is 11.8. The van der Waals surface area contributed by atoms with Gasteiger partial charge in [-0.1, -0.05) is 30.3 Å². The van der Waals surface area contributed by atoms with Crippen LogP contribution in [0.4, 0.5) is 4.79 Å². The molecule has 1 amide bonds. The molecule has 1 aliphatic rings. The van der Waals surface area contributed by atoms with Crippen LogP contribution in [0.25, 0.3) is 0 Å². The van der Waals surface area contributed by atoms with Crippen molar-refractivity contribution in [2.24, 2.45) is 5.73 Å². The molecule has 0 radical (unpaired) electrons. The van der Waals surface area contributed by atoms with Gasteiger partial charge in [0.05, 0.1) is 1.37 Å². The Balaban J connectivity index is 1.94. The smallest absolute Gasteiger partial charge is 0.407 e. The zero-order valence-electron chi connectivity index (χ0n) is 12.7. The maximum Gasteiger partial charge on any atom is 0.407 e. The van der Waals surface area contributed by atoms with Crippen LogP contribution in [0, 0.1) is 0 Å². The van der Waals surface area contributed by atoms with Gasteiger partial charge in [0, 0.05) is 6.54 Å². The summed E-state index contributed by atoms with van der Waals surface area (Å²) in [5.74, 6) is 0. The number of amides is 1. The molecule has 1 aromatic carbocycles. The van der Waals surface area contributed by atoms with Gasteiger partial charge in [-0.25, -0.2) is 4.79 Å². The second-order valence-electron chi connectivity index (χ2n) is 4.89. The number of benzene rings is 1. The lowest BCUT2D eigenvalue weighted by molar-refractivity contribution is -0.243. The molecule has 0 aliphatic carbocycles. The fourth-order valence-corrected chi connectivity index (χ4v) is 2.12. The molecule has 2 rings (SSSR count). The van der Waals surface area contributed by atoms with Crippen LogP contribution in [0.15, 0.2) is 30.3 Å². The highest BCUT2D eigenvalue weighted by Crippen LogP contribution is 2.19. The number of alkyl carbamates (subject to hydrolysis) is 1. The predicted octanol–water partition coefficient (Wildman–Crippen LogP) is -1.32. The quantitative estimate of drug-likeness (QED) is 0.465. The van der Waals surface area contributed by atoms with Gasteiger partial charge < -0.3 is 35.8 Å². The molecule has 0 spiro atoms. The summed E-state index contributed by atoms with van der Waals surface area (Å²) in [6, 6.07) is 7.09. The standard InChI is InChI=1S/C14H20N2O6/c15-6-9-11(17)12(18)10(13(19)22-9)16-14(20)21-7-8-4-2-1-3-5-8/h1-5,9-13,17-19H,6-7,15H2,(H,16,20)/t9-,10-,11-,12-,13?/m1/s1/i7D/t7?,9-,10-,11-,12-,13?. The molecule has 22 heavy (non-hydrogen) atoms. The van der Waals surface area contributed by atoms with E-state index in [-0.39, 0.29) is 6.54 Å². The van der Waals surface area contributed by atoms with E-state index in [4.69, 9.17) is 16.6 Å². The Morgan fingerprint density at radius 3 is 2.64 bits per heavy atom. The Hall–Kier alpha value is -1.71. The summed E-state index contributed by atoms with van der Waals surface area (Å²) < 4.78 is 17.6. The van der Waals surface area contributed by atoms with E-state index in [0.29, 0.717) is 5.56 Å². The Kier molecular flexibility index (Phi) is 5.20. The molecule has 8 nitrogen and oxygen atoms in total. The number of nitrogens with one attached hydrogen (secondary N) is 1. The number of hydrogen-bond acceptors (Lipinski definition) is 7. The van der Waals surface area contributed by atoms with Crippen molar-refractivity contribution in [1.29, 1.82) is 0 Å². The highest BCUT2D eigenvalue weighted by Gasteiger charge is 2.44. The molecule has 2 unspecified atom stereocenters. The second-order valence-corrected chi connectivity index (χ2v) is 4.89. The zero-order chi connectivity index (χ0) is 17.0. The monoisotopic (exact) mass is 313 g/mol. The van der Waals surface area contributed by atoms with Gasteiger partial charge in [-0.15, -0.1) is 0 Å². The molecule has 122 valence electrons. The van der Waals surface area contributed by atoms with Gasteiger partial charge >= 0.3 is 6.09 Å². The number of carbonyl (C=O) groups excluding carboxylic acids is 1. The molecule has 0 saturated carbocycles. The molecule has 1 heterocycles. The van der Waals surface area contributed by atoms with Crippen LogP contribution in [0.1, 0.15) is 6.93 Å². The summed E-state index contributed by atoms with van der Waals surface area (Å²) in [5, 5.41) is 31.7. The molecule has 0 aromatic heterocycles. The van der Waals surface area contributed by atoms with Crippen LogP contribution in [0.2, 0.25) is 0 Å². The van der Waals surface area contributed by atoms with Gasteiger partial charge in [-0.05, 0) is 5.56 Å². The summed E-state index contributed by atoms with van der Waals surface area (Å²) in [6.45, 7) is -1.37. The van der Waals surface area contributed by atoms with Crippen molar-refractivity contribution in [3.8, 4) is 0 Å². The number of hydrogen-bond donors (Lipinski definition) is 5. The van der Waals surface area contributed by atoms with Crippen molar-refractivity contribution in [2.75, 3.05) is 6.54 Å². The highest BCUT2D eigenvalue weighted by atomic mass is 16.6. The SMILES string of the molecule is [2H]C(OC(=O)N[C@H]1C(O)O[C@H](CN)[C@@H](O)[C@@H]1O)c1ccccc1. The van der Waals surface area contributed by atoms with Gasteiger partial charge in [-0.3, -0.25) is 0 Å². The lowest BCUT2D eigenvalue weighted by Gasteiger charge is -2.40. The number of carbonyl (C=O) groups is 1. The van der Waals surface area contributed by atoms with Crippen molar-refractivity contribution in [3.63, 3.8) is 0 Å². The van der Waals surface area contributed by atoms with E-state index in [1.54, 1.807) is 30.3 Å². The average molecular weight is 313 g/mol. The fraction of sp³-hybridized carbons (Fsp3) is 0.500. The number of aliphatic hydroxyl groups excluding tert-OH is 3. The van der Waals surface area contributed by atoms with Crippen LogP contribution >= 0.6 is 0 Å². The summed E-state index contributed by atoms with van der Waals surface area (Å²) in [6.07, 6.45) is -6.38. The molecule has 0 bridgehead atoms. The van der Waals surface area contributed by atoms with Crippen molar-refractivity contribution >= 4 is 6.09 Å². The van der Waals surface area contributed by atoms with Crippen molar-refractivity contribution < 1.29 is 31.0 Å². The highest BCUT2D eigenvalue weighted by molar-refractivity contribution is 5.67. The molecule has 1 fully saturated rings. The van der Waals surface area contributed by atoms with Crippen LogP contribution in [-0.4, -0.2) is 58.6 Å². The number of nitrogens with two attached hydrogens (primary N) is 1. The lowest BCUT2D eigenvalue weighted by Crippen LogP contribution is -2.64. The molecular formula is C14H20N2O6. The molecule has 1 aliphatic heterocycles. The van der Waals surface area contributed by atoms with E-state index < -0.39 is 43.3 Å². The lowest BCUT2D eigenvalue weighted by atomic mass is 9.97. The third-order valence-electron chi connectivity index (χ3n) is 3.34. The summed E-state index contributed by atoms with van der Waals surface area (Å²) in [5.41, 5.74) is 5.82. The Bertz CT molecular complexity index is 519. The minimum absolute atomic E-state index is 0.102. The number of ether oxygens (including phenoxy) is 2. The molecule has 6 atom stereocenters. The first-order valence-electron chi connectivity index (χ1n) is 7.36. The first-order valence-corrected chi connectivity index (χ1v) is 6.78. The minimum Gasteiger partial charge on any atom is -0.445 e. The second kappa shape index (κ2) is 7.52. The average Bonchev–Trinajstić information content (AvgIpc) is 2.55. The van der Waals surface area contributed by atoms with Crippen LogP contribution < -0.4 is 11.1 Å². The normalized spacial score (nSPS) is 33.6. The van der Waals surface area contributed by atoms with E-state index in [1.165, 1.54) is 0 Å². The Morgan fingerprint density at radius 1 is 1.32 bits per heavy atom. The predicted molar refractivity (Wildman–Crippen MR) is 75.5 cm³/mol. The van der Waals surface area contributed by atoms with Crippen molar-refractivity contribution in [1.82, 2.24) is 5.32 Å². The Morgan fingerprint density at radius 2 is 2.00 bits per heavy atom. The first-order chi connectivity index (χ1) is 10.9. The van der Waals surface area contributed by atoms with Gasteiger partial charge in [0.1, 0.15) is 30.9 Å². The summed E-state index contributed by atoms with van der Waals surface area (Å²) >= 11 is 0. The number of rotatable bonds is 4. The summed E-state index contributed by atoms with van der Waals surface area (Å²) in [4.78, 5) is 11.8. The van der Waals surface area contributed by atoms with Crippen LogP contribution in [-0.2, 0) is 16.1 Å². The third kappa shape index (κ3) is 3.93. The van der Waals surface area contributed by atoms with Crippen LogP contribution in [0.3, 0.4) is 0 Å². The van der Waals surface area contributed by atoms with Gasteiger partial charge in [0.15, 0.2) is 6.29 Å². The van der Waals surface area contributed by atoms with E-state index in [2.05, 4.69) is 5.32 Å². The third-order valence-corrected chi connectivity index (χ3v) is 3.34. The maximum atomic E-state index is 11.8. The molecule has 1 saturated heterocycles. The van der Waals surface area contributed by atoms with Crippen LogP contribution in [0.5, 0.6) is 0 Å². The Labute approximate surface area is 128 Å². The topological polar surface area (TPSA) is 134 Å². The van der Waals surface area contributed by atoms with Gasteiger partial charge in [0.25, 0.3) is 0 Å². The van der Waals surface area contributed by atoms with E-state index in [9.17, 15) is 20.1 Å². The molecule has 1 aromatic rings. The molecule has 6 N–H and O–H groups in total. The van der Waals surface area contributed by atoms with Crippen molar-refractivity contribution in [2.45, 2.75) is 37.2 Å². The fourth-order valence-electron chi connectivity index (χ4n) is 2.12.